The number of H-pyrrole nitrogens is 2. The van der Waals surface area contributed by atoms with Gasteiger partial charge in [-0.05, 0) is 74.2 Å². The van der Waals surface area contributed by atoms with Crippen LogP contribution >= 0.6 is 0 Å². The smallest absolute Gasteiger partial charge is 0.102 e. The highest BCUT2D eigenvalue weighted by atomic mass is 14.8. The summed E-state index contributed by atoms with van der Waals surface area (Å²) >= 11 is 0. The highest BCUT2D eigenvalue weighted by Gasteiger charge is 2.30. The van der Waals surface area contributed by atoms with Crippen LogP contribution in [0, 0.1) is 27.7 Å². The standard InChI is InChI=1S/C28H34N4.C2H6B/c1-15-17(3)23-11-25-28(7,8)14-20(30-25)10-22-16(2)18(4)24(32-22)12-26-27(5,6)13-19(29-26)9-21(15)31-23;1-3-2/h9-12,31-32H,13-14H2,1-8H3;1-2H3. The highest BCUT2D eigenvalue weighted by Crippen LogP contribution is 2.34. The van der Waals surface area contributed by atoms with Crippen LogP contribution in [0.4, 0.5) is 0 Å². The van der Waals surface area contributed by atoms with Gasteiger partial charge in [0.25, 0.3) is 0 Å². The lowest BCUT2D eigenvalue weighted by molar-refractivity contribution is 0.543. The zero-order valence-electron chi connectivity index (χ0n) is 23.2. The minimum Gasteiger partial charge on any atom is -0.355 e. The first-order chi connectivity index (χ1) is 16.4. The molecule has 0 saturated heterocycles. The molecule has 0 aromatic carbocycles. The Morgan fingerprint density at radius 1 is 0.600 bits per heavy atom. The van der Waals surface area contributed by atoms with E-state index >= 15 is 0 Å². The average molecular weight is 467 g/mol. The predicted octanol–water partition coefficient (Wildman–Crippen LogP) is 7.38. The van der Waals surface area contributed by atoms with E-state index in [9.17, 15) is 0 Å². The van der Waals surface area contributed by atoms with Crippen LogP contribution in [-0.4, -0.2) is 27.2 Å². The molecule has 0 saturated carbocycles. The lowest BCUT2D eigenvalue weighted by Crippen LogP contribution is -2.15. The van der Waals surface area contributed by atoms with Crippen molar-refractivity contribution in [1.82, 2.24) is 19.9 Å². The topological polar surface area (TPSA) is 57.4 Å². The Morgan fingerprint density at radius 3 is 1.20 bits per heavy atom. The molecule has 3 aromatic heterocycles. The van der Waals surface area contributed by atoms with E-state index in [2.05, 4.69) is 89.6 Å². The molecule has 0 amide bonds. The van der Waals surface area contributed by atoms with Gasteiger partial charge in [-0.15, -0.1) is 0 Å². The van der Waals surface area contributed by atoms with Crippen molar-refractivity contribution in [3.63, 3.8) is 0 Å². The second-order valence-corrected chi connectivity index (χ2v) is 11.7. The molecule has 3 aromatic rings. The van der Waals surface area contributed by atoms with E-state index < -0.39 is 0 Å². The number of hydrogen-bond donors (Lipinski definition) is 2. The van der Waals surface area contributed by atoms with E-state index in [0.29, 0.717) is 0 Å². The monoisotopic (exact) mass is 467 g/mol. The number of fused-ring (bicyclic) bond motifs is 8. The molecule has 0 aliphatic carbocycles. The number of hydrogen-bond acceptors (Lipinski definition) is 2. The van der Waals surface area contributed by atoms with E-state index in [0.717, 1.165) is 57.7 Å². The van der Waals surface area contributed by atoms with Gasteiger partial charge < -0.3 is 9.97 Å². The van der Waals surface area contributed by atoms with E-state index in [1.165, 1.54) is 22.3 Å². The van der Waals surface area contributed by atoms with Crippen LogP contribution in [0.1, 0.15) is 72.7 Å². The average Bonchev–Trinajstić information content (AvgIpc) is 3.39. The van der Waals surface area contributed by atoms with Gasteiger partial charge in [-0.3, -0.25) is 9.97 Å². The van der Waals surface area contributed by atoms with Gasteiger partial charge in [0.15, 0.2) is 0 Å². The molecule has 0 fully saturated rings. The van der Waals surface area contributed by atoms with Crippen molar-refractivity contribution >= 4 is 29.3 Å². The van der Waals surface area contributed by atoms with Crippen LogP contribution in [-0.2, 0) is 23.7 Å². The summed E-state index contributed by atoms with van der Waals surface area (Å²) in [6.45, 7) is 21.9. The van der Waals surface area contributed by atoms with Crippen molar-refractivity contribution in [2.75, 3.05) is 0 Å². The fourth-order valence-electron chi connectivity index (χ4n) is 5.06. The van der Waals surface area contributed by atoms with Crippen LogP contribution in [0.3, 0.4) is 0 Å². The van der Waals surface area contributed by atoms with Crippen molar-refractivity contribution in [1.29, 1.82) is 0 Å². The second kappa shape index (κ2) is 9.00. The Kier molecular flexibility index (Phi) is 6.50. The molecule has 8 bridgehead atoms. The van der Waals surface area contributed by atoms with Gasteiger partial charge in [0.05, 0.1) is 0 Å². The molecule has 1 radical (unpaired) electrons. The zero-order valence-corrected chi connectivity index (χ0v) is 23.2. The summed E-state index contributed by atoms with van der Waals surface area (Å²) in [4.78, 5) is 17.5. The molecule has 4 nitrogen and oxygen atoms in total. The summed E-state index contributed by atoms with van der Waals surface area (Å²) in [6, 6.07) is 8.96. The molecule has 2 N–H and O–H groups in total. The van der Waals surface area contributed by atoms with Gasteiger partial charge in [0, 0.05) is 68.5 Å². The predicted molar refractivity (Wildman–Crippen MR) is 151 cm³/mol. The lowest BCUT2D eigenvalue weighted by Gasteiger charge is -2.15. The van der Waals surface area contributed by atoms with Crippen LogP contribution < -0.4 is 0 Å². The SMILES string of the molecule is C[B]C.Cc1c(C)c2cc3nc(cc4[nH]c(cc5nc(cc1[nH]2)CC5(C)C)c(C)c4C)CC3(C)C. The molecule has 2 aliphatic rings. The number of nitrogens with zero attached hydrogens (tertiary/aromatic N) is 2. The Labute approximate surface area is 211 Å². The van der Waals surface area contributed by atoms with Crippen molar-refractivity contribution in [3.05, 3.63) is 69.3 Å². The van der Waals surface area contributed by atoms with Crippen molar-refractivity contribution in [2.24, 2.45) is 0 Å². The Bertz CT molecular complexity index is 1330. The molecule has 0 atom stereocenters. The maximum Gasteiger partial charge on any atom is 0.102 e. The molecular formula is C30H40BN4. The number of aromatic nitrogens is 4. The lowest BCUT2D eigenvalue weighted by atomic mass is 9.87. The maximum absolute atomic E-state index is 5.08. The summed E-state index contributed by atoms with van der Waals surface area (Å²) in [5.74, 6) is 0. The van der Waals surface area contributed by atoms with Crippen LogP contribution in [0.5, 0.6) is 0 Å². The quantitative estimate of drug-likeness (QED) is 0.339. The molecule has 2 aliphatic heterocycles. The van der Waals surface area contributed by atoms with Gasteiger partial charge in [0.1, 0.15) is 7.28 Å². The van der Waals surface area contributed by atoms with Crippen molar-refractivity contribution in [2.45, 2.75) is 92.7 Å². The molecule has 5 heterocycles. The highest BCUT2D eigenvalue weighted by molar-refractivity contribution is 6.31. The minimum absolute atomic E-state index is 0.00263. The first-order valence-electron chi connectivity index (χ1n) is 12.8. The van der Waals surface area contributed by atoms with Crippen LogP contribution in [0.15, 0.2) is 24.3 Å². The molecule has 35 heavy (non-hydrogen) atoms. The van der Waals surface area contributed by atoms with E-state index in [4.69, 9.17) is 9.97 Å². The van der Waals surface area contributed by atoms with Gasteiger partial charge in [-0.25, -0.2) is 0 Å². The summed E-state index contributed by atoms with van der Waals surface area (Å²) in [5.41, 5.74) is 14.3. The summed E-state index contributed by atoms with van der Waals surface area (Å²) < 4.78 is 0. The van der Waals surface area contributed by atoms with E-state index in [-0.39, 0.29) is 10.8 Å². The van der Waals surface area contributed by atoms with E-state index in [1.54, 1.807) is 0 Å². The first-order valence-corrected chi connectivity index (χ1v) is 12.8. The normalized spacial score (nSPS) is 15.9. The zero-order chi connectivity index (χ0) is 25.7. The fourth-order valence-corrected chi connectivity index (χ4v) is 5.06. The largest absolute Gasteiger partial charge is 0.355 e. The molecule has 5 rings (SSSR count). The third kappa shape index (κ3) is 4.70. The molecule has 0 unspecified atom stereocenters. The van der Waals surface area contributed by atoms with Crippen LogP contribution in [0.2, 0.25) is 13.6 Å². The molecule has 5 heteroatoms. The Morgan fingerprint density at radius 2 is 0.886 bits per heavy atom. The fraction of sp³-hybridized carbons (Fsp3) is 0.467. The van der Waals surface area contributed by atoms with Gasteiger partial charge in [0.2, 0.25) is 0 Å². The number of nitrogens with one attached hydrogen (secondary N) is 2. The molecule has 0 spiro atoms. The summed E-state index contributed by atoms with van der Waals surface area (Å²) in [5, 5.41) is 0. The maximum atomic E-state index is 5.08. The van der Waals surface area contributed by atoms with Crippen molar-refractivity contribution in [3.8, 4) is 0 Å². The first kappa shape index (κ1) is 25.3. The Hall–Kier alpha value is -2.82. The molecule has 183 valence electrons. The van der Waals surface area contributed by atoms with Gasteiger partial charge >= 0.3 is 0 Å². The third-order valence-corrected chi connectivity index (χ3v) is 7.62. The van der Waals surface area contributed by atoms with E-state index in [1.807, 2.05) is 20.9 Å². The third-order valence-electron chi connectivity index (χ3n) is 7.62. The Balaban J connectivity index is 0.000000917. The van der Waals surface area contributed by atoms with Crippen molar-refractivity contribution < 1.29 is 0 Å². The number of aromatic amines is 2. The van der Waals surface area contributed by atoms with Gasteiger partial charge in [-0.1, -0.05) is 41.3 Å². The number of rotatable bonds is 0. The number of aryl methyl sites for hydroxylation is 4. The summed E-state index contributed by atoms with van der Waals surface area (Å²) in [7, 11) is 2.00. The molecular weight excluding hydrogens is 427 g/mol. The summed E-state index contributed by atoms with van der Waals surface area (Å²) in [6.07, 6.45) is 1.87. The second-order valence-electron chi connectivity index (χ2n) is 11.7. The van der Waals surface area contributed by atoms with Crippen LogP contribution in [0.25, 0.3) is 22.1 Å². The van der Waals surface area contributed by atoms with Gasteiger partial charge in [-0.2, -0.15) is 0 Å². The minimum atomic E-state index is 0.00263.